The summed E-state index contributed by atoms with van der Waals surface area (Å²) in [7, 11) is 0. The van der Waals surface area contributed by atoms with Gasteiger partial charge in [0.1, 0.15) is 5.82 Å². The average Bonchev–Trinajstić information content (AvgIpc) is 3.32. The lowest BCUT2D eigenvalue weighted by molar-refractivity contribution is -0.125. The fourth-order valence-corrected chi connectivity index (χ4v) is 4.27. The fourth-order valence-electron chi connectivity index (χ4n) is 4.27. The van der Waals surface area contributed by atoms with E-state index in [1.54, 1.807) is 17.0 Å². The van der Waals surface area contributed by atoms with Crippen molar-refractivity contribution in [2.24, 2.45) is 5.73 Å². The highest BCUT2D eigenvalue weighted by atomic mass is 19.1. The summed E-state index contributed by atoms with van der Waals surface area (Å²) in [5.74, 6) is -0.636. The number of amides is 2. The molecule has 0 bridgehead atoms. The first-order chi connectivity index (χ1) is 16.9. The van der Waals surface area contributed by atoms with Gasteiger partial charge < -0.3 is 30.9 Å². The minimum atomic E-state index is -0.740. The maximum Gasteiger partial charge on any atom is 0.271 e. The molecule has 2 saturated heterocycles. The van der Waals surface area contributed by atoms with Crippen molar-refractivity contribution in [3.63, 3.8) is 0 Å². The number of carbonyl (C=O) groups excluding carboxylic acids is 2. The van der Waals surface area contributed by atoms with Gasteiger partial charge in [-0.15, -0.1) is 0 Å². The molecule has 0 saturated carbocycles. The summed E-state index contributed by atoms with van der Waals surface area (Å²) in [5, 5.41) is 6.34. The SMILES string of the molecule is C=CC(=O)N1CC[C@@H](Nc2nc(Nc3ccc(N4CCOCC4)c(F)c3)c(C(N)=O)nc2CC)C1. The van der Waals surface area contributed by atoms with Crippen molar-refractivity contribution in [3.05, 3.63) is 48.1 Å². The van der Waals surface area contributed by atoms with Gasteiger partial charge in [-0.1, -0.05) is 13.5 Å². The van der Waals surface area contributed by atoms with E-state index in [1.165, 1.54) is 12.1 Å². The number of ether oxygens (including phenoxy) is 1. The van der Waals surface area contributed by atoms with Gasteiger partial charge in [0.15, 0.2) is 17.3 Å². The maximum absolute atomic E-state index is 14.9. The maximum atomic E-state index is 14.9. The summed E-state index contributed by atoms with van der Waals surface area (Å²) in [6.07, 6.45) is 2.55. The van der Waals surface area contributed by atoms with Gasteiger partial charge in [-0.3, -0.25) is 9.59 Å². The standard InChI is InChI=1S/C24H30FN7O3/c1-3-18-23(28-16-7-8-32(14-16)20(33)4-2)30-24(21(29-18)22(26)34)27-15-5-6-19(17(25)13-15)31-9-11-35-12-10-31/h4-6,13,16H,2-3,7-12,14H2,1H3,(H2,26,34)(H2,27,28,30)/t16-/m1/s1. The highest BCUT2D eigenvalue weighted by Crippen LogP contribution is 2.28. The summed E-state index contributed by atoms with van der Waals surface area (Å²) in [6, 6.07) is 4.73. The monoisotopic (exact) mass is 483 g/mol. The lowest BCUT2D eigenvalue weighted by Gasteiger charge is -2.29. The van der Waals surface area contributed by atoms with Gasteiger partial charge in [0.05, 0.1) is 24.6 Å². The van der Waals surface area contributed by atoms with Crippen LogP contribution in [0.5, 0.6) is 0 Å². The molecule has 2 amide bonds. The third-order valence-electron chi connectivity index (χ3n) is 6.11. The molecule has 186 valence electrons. The molecule has 4 N–H and O–H groups in total. The number of nitrogens with zero attached hydrogens (tertiary/aromatic N) is 4. The van der Waals surface area contributed by atoms with Crippen LogP contribution in [-0.2, 0) is 16.0 Å². The quantitative estimate of drug-likeness (QED) is 0.487. The van der Waals surface area contributed by atoms with Crippen LogP contribution in [0.3, 0.4) is 0 Å². The third-order valence-corrected chi connectivity index (χ3v) is 6.11. The van der Waals surface area contributed by atoms with Crippen molar-refractivity contribution < 1.29 is 18.7 Å². The van der Waals surface area contributed by atoms with Crippen molar-refractivity contribution in [2.45, 2.75) is 25.8 Å². The predicted molar refractivity (Wildman–Crippen MR) is 131 cm³/mol. The van der Waals surface area contributed by atoms with Crippen molar-refractivity contribution in [3.8, 4) is 0 Å². The first-order valence-electron chi connectivity index (χ1n) is 11.7. The van der Waals surface area contributed by atoms with E-state index in [4.69, 9.17) is 10.5 Å². The van der Waals surface area contributed by atoms with Gasteiger partial charge in [-0.05, 0) is 37.1 Å². The molecule has 10 nitrogen and oxygen atoms in total. The normalized spacial score (nSPS) is 17.8. The zero-order chi connectivity index (χ0) is 24.9. The van der Waals surface area contributed by atoms with Crippen molar-refractivity contribution in [1.82, 2.24) is 14.9 Å². The van der Waals surface area contributed by atoms with Crippen LogP contribution in [0, 0.1) is 5.82 Å². The Kier molecular flexibility index (Phi) is 7.45. The molecule has 11 heteroatoms. The molecule has 35 heavy (non-hydrogen) atoms. The molecule has 1 aromatic carbocycles. The molecule has 1 atom stereocenters. The van der Waals surface area contributed by atoms with Crippen molar-refractivity contribution in [1.29, 1.82) is 0 Å². The molecule has 2 aliphatic heterocycles. The van der Waals surface area contributed by atoms with Crippen LogP contribution in [0.25, 0.3) is 0 Å². The van der Waals surface area contributed by atoms with Crippen LogP contribution in [0.15, 0.2) is 30.9 Å². The lowest BCUT2D eigenvalue weighted by atomic mass is 10.2. The number of anilines is 4. The Labute approximate surface area is 203 Å². The number of hydrogen-bond donors (Lipinski definition) is 3. The summed E-state index contributed by atoms with van der Waals surface area (Å²) in [4.78, 5) is 36.7. The van der Waals surface area contributed by atoms with Crippen molar-refractivity contribution >= 4 is 34.8 Å². The van der Waals surface area contributed by atoms with Gasteiger partial charge in [0.25, 0.3) is 5.91 Å². The number of halogens is 1. The third kappa shape index (κ3) is 5.51. The topological polar surface area (TPSA) is 126 Å². The van der Waals surface area contributed by atoms with Crippen LogP contribution >= 0.6 is 0 Å². The Bertz CT molecular complexity index is 1120. The molecule has 4 rings (SSSR count). The van der Waals surface area contributed by atoms with E-state index in [0.29, 0.717) is 68.7 Å². The van der Waals surface area contributed by atoms with E-state index >= 15 is 0 Å². The predicted octanol–water partition coefficient (Wildman–Crippen LogP) is 2.06. The second kappa shape index (κ2) is 10.7. The molecule has 2 fully saturated rings. The Balaban J connectivity index is 1.58. The van der Waals surface area contributed by atoms with E-state index in [2.05, 4.69) is 27.2 Å². The number of aromatic nitrogens is 2. The molecule has 0 unspecified atom stereocenters. The molecule has 0 spiro atoms. The van der Waals surface area contributed by atoms with E-state index in [0.717, 1.165) is 6.42 Å². The second-order valence-corrected chi connectivity index (χ2v) is 8.44. The van der Waals surface area contributed by atoms with Gasteiger partial charge in [0.2, 0.25) is 5.91 Å². The number of hydrogen-bond acceptors (Lipinski definition) is 8. The first-order valence-corrected chi connectivity index (χ1v) is 11.7. The van der Waals surface area contributed by atoms with Crippen LogP contribution in [-0.4, -0.2) is 72.1 Å². The molecular weight excluding hydrogens is 453 g/mol. The first kappa shape index (κ1) is 24.4. The summed E-state index contributed by atoms with van der Waals surface area (Å²) in [6.45, 7) is 8.88. The smallest absolute Gasteiger partial charge is 0.271 e. The summed E-state index contributed by atoms with van der Waals surface area (Å²) >= 11 is 0. The van der Waals surface area contributed by atoms with Gasteiger partial charge in [-0.25, -0.2) is 14.4 Å². The number of rotatable bonds is 8. The van der Waals surface area contributed by atoms with Gasteiger partial charge >= 0.3 is 0 Å². The van der Waals surface area contributed by atoms with Gasteiger partial charge in [0, 0.05) is 37.9 Å². The van der Waals surface area contributed by atoms with Crippen LogP contribution < -0.4 is 21.3 Å². The number of nitrogens with two attached hydrogens (primary N) is 1. The lowest BCUT2D eigenvalue weighted by Crippen LogP contribution is -2.36. The van der Waals surface area contributed by atoms with E-state index in [9.17, 15) is 14.0 Å². The van der Waals surface area contributed by atoms with Gasteiger partial charge in [-0.2, -0.15) is 0 Å². The second-order valence-electron chi connectivity index (χ2n) is 8.44. The Morgan fingerprint density at radius 2 is 2.03 bits per heavy atom. The molecule has 1 aromatic heterocycles. The van der Waals surface area contributed by atoms with Crippen LogP contribution in [0.2, 0.25) is 0 Å². The number of aryl methyl sites for hydroxylation is 1. The Hall–Kier alpha value is -3.73. The summed E-state index contributed by atoms with van der Waals surface area (Å²) < 4.78 is 20.2. The number of primary amides is 1. The molecule has 2 aliphatic rings. The minimum absolute atomic E-state index is 0.0278. The molecule has 3 heterocycles. The Morgan fingerprint density at radius 1 is 1.26 bits per heavy atom. The molecule has 0 radical (unpaired) electrons. The fraction of sp³-hybridized carbons (Fsp3) is 0.417. The Morgan fingerprint density at radius 3 is 2.69 bits per heavy atom. The highest BCUT2D eigenvalue weighted by Gasteiger charge is 2.27. The van der Waals surface area contributed by atoms with E-state index in [-0.39, 0.29) is 23.5 Å². The van der Waals surface area contributed by atoms with Crippen LogP contribution in [0.4, 0.5) is 27.4 Å². The minimum Gasteiger partial charge on any atom is -0.378 e. The largest absolute Gasteiger partial charge is 0.378 e. The zero-order valence-corrected chi connectivity index (χ0v) is 19.7. The number of morpholine rings is 1. The number of likely N-dealkylation sites (tertiary alicyclic amines) is 1. The molecule has 0 aliphatic carbocycles. The molecular formula is C24H30FN7O3. The van der Waals surface area contributed by atoms with Crippen LogP contribution in [0.1, 0.15) is 29.5 Å². The number of benzene rings is 1. The number of nitrogens with one attached hydrogen (secondary N) is 2. The van der Waals surface area contributed by atoms with E-state index in [1.807, 2.05) is 11.8 Å². The highest BCUT2D eigenvalue weighted by molar-refractivity contribution is 5.96. The average molecular weight is 484 g/mol. The zero-order valence-electron chi connectivity index (χ0n) is 19.7. The molecule has 2 aromatic rings. The summed E-state index contributed by atoms with van der Waals surface area (Å²) in [5.41, 5.74) is 7.03. The number of carbonyl (C=O) groups is 2. The van der Waals surface area contributed by atoms with Crippen molar-refractivity contribution in [2.75, 3.05) is 54.9 Å². The van der Waals surface area contributed by atoms with E-state index < -0.39 is 11.7 Å².